The normalized spacial score (nSPS) is 10.4. The van der Waals surface area contributed by atoms with E-state index in [2.05, 4.69) is 23.8 Å². The standard InChI is InChI=1S/C9H12ClN3/c1-6(2)5-8-12-7(3-4-11)9(10)13-8/h6H,3,5H2,1-2H3,(H,12,13). The fourth-order valence-electron chi connectivity index (χ4n) is 1.12. The second-order valence-corrected chi connectivity index (χ2v) is 3.74. The van der Waals surface area contributed by atoms with Gasteiger partial charge in [0.15, 0.2) is 5.15 Å². The molecular weight excluding hydrogens is 186 g/mol. The van der Waals surface area contributed by atoms with Crippen molar-refractivity contribution in [2.24, 2.45) is 5.92 Å². The Morgan fingerprint density at radius 3 is 2.85 bits per heavy atom. The molecule has 0 bridgehead atoms. The summed E-state index contributed by atoms with van der Waals surface area (Å²) in [5.41, 5.74) is 0.722. The highest BCUT2D eigenvalue weighted by Crippen LogP contribution is 2.14. The Morgan fingerprint density at radius 1 is 1.62 bits per heavy atom. The third-order valence-electron chi connectivity index (χ3n) is 1.63. The summed E-state index contributed by atoms with van der Waals surface area (Å²) in [6.45, 7) is 4.22. The van der Waals surface area contributed by atoms with Gasteiger partial charge >= 0.3 is 0 Å². The molecule has 0 radical (unpaired) electrons. The molecule has 0 aliphatic heterocycles. The predicted molar refractivity (Wildman–Crippen MR) is 51.5 cm³/mol. The monoisotopic (exact) mass is 197 g/mol. The maximum Gasteiger partial charge on any atom is 0.151 e. The van der Waals surface area contributed by atoms with Crippen molar-refractivity contribution in [1.82, 2.24) is 9.97 Å². The van der Waals surface area contributed by atoms with Gasteiger partial charge in [-0.05, 0) is 5.92 Å². The smallest absolute Gasteiger partial charge is 0.151 e. The Bertz CT molecular complexity index is 322. The zero-order valence-electron chi connectivity index (χ0n) is 7.76. The lowest BCUT2D eigenvalue weighted by atomic mass is 10.1. The number of hydrogen-bond acceptors (Lipinski definition) is 2. The second-order valence-electron chi connectivity index (χ2n) is 3.39. The first-order chi connectivity index (χ1) is 6.13. The molecule has 0 aromatic carbocycles. The Morgan fingerprint density at radius 2 is 2.31 bits per heavy atom. The molecule has 0 unspecified atom stereocenters. The number of rotatable bonds is 3. The van der Waals surface area contributed by atoms with Crippen LogP contribution in [0.1, 0.15) is 25.4 Å². The second kappa shape index (κ2) is 4.29. The summed E-state index contributed by atoms with van der Waals surface area (Å²) in [5, 5.41) is 8.91. The lowest BCUT2D eigenvalue weighted by molar-refractivity contribution is 0.625. The van der Waals surface area contributed by atoms with Crippen molar-refractivity contribution in [3.05, 3.63) is 16.7 Å². The molecule has 1 heterocycles. The number of nitrogens with one attached hydrogen (secondary N) is 1. The molecule has 3 nitrogen and oxygen atoms in total. The van der Waals surface area contributed by atoms with E-state index in [4.69, 9.17) is 16.9 Å². The average molecular weight is 198 g/mol. The molecule has 0 spiro atoms. The zero-order valence-corrected chi connectivity index (χ0v) is 8.52. The molecule has 0 atom stereocenters. The van der Waals surface area contributed by atoms with Crippen molar-refractivity contribution in [2.75, 3.05) is 0 Å². The minimum absolute atomic E-state index is 0.296. The van der Waals surface area contributed by atoms with Crippen LogP contribution in [0.4, 0.5) is 0 Å². The molecule has 0 saturated heterocycles. The number of hydrogen-bond donors (Lipinski definition) is 1. The Balaban J connectivity index is 2.77. The molecule has 0 aliphatic rings. The molecule has 0 fully saturated rings. The van der Waals surface area contributed by atoms with Crippen molar-refractivity contribution in [1.29, 1.82) is 5.26 Å². The zero-order chi connectivity index (χ0) is 9.84. The van der Waals surface area contributed by atoms with Crippen molar-refractivity contribution in [3.8, 4) is 6.07 Å². The average Bonchev–Trinajstić information content (AvgIpc) is 2.31. The van der Waals surface area contributed by atoms with Gasteiger partial charge in [-0.3, -0.25) is 0 Å². The van der Waals surface area contributed by atoms with E-state index in [0.717, 1.165) is 17.9 Å². The van der Waals surface area contributed by atoms with Crippen molar-refractivity contribution in [2.45, 2.75) is 26.7 Å². The van der Waals surface area contributed by atoms with Crippen LogP contribution < -0.4 is 0 Å². The SMILES string of the molecule is CC(C)Cc1nc(Cl)c(CC#N)[nH]1. The van der Waals surface area contributed by atoms with Gasteiger partial charge in [0.05, 0.1) is 18.2 Å². The van der Waals surface area contributed by atoms with Gasteiger partial charge in [-0.25, -0.2) is 4.98 Å². The minimum atomic E-state index is 0.296. The summed E-state index contributed by atoms with van der Waals surface area (Å²) in [5.74, 6) is 1.41. The van der Waals surface area contributed by atoms with Gasteiger partial charge in [-0.15, -0.1) is 0 Å². The van der Waals surface area contributed by atoms with Gasteiger partial charge < -0.3 is 4.98 Å². The van der Waals surface area contributed by atoms with Gasteiger partial charge in [-0.1, -0.05) is 25.4 Å². The van der Waals surface area contributed by atoms with Crippen LogP contribution in [-0.4, -0.2) is 9.97 Å². The van der Waals surface area contributed by atoms with Crippen LogP contribution in [0.25, 0.3) is 0 Å². The molecular formula is C9H12ClN3. The highest BCUT2D eigenvalue weighted by atomic mass is 35.5. The van der Waals surface area contributed by atoms with E-state index in [1.54, 1.807) is 0 Å². The maximum absolute atomic E-state index is 8.48. The van der Waals surface area contributed by atoms with E-state index < -0.39 is 0 Å². The summed E-state index contributed by atoms with van der Waals surface area (Å²) in [4.78, 5) is 7.18. The quantitative estimate of drug-likeness (QED) is 0.809. The molecule has 13 heavy (non-hydrogen) atoms. The molecule has 0 saturated carbocycles. The van der Waals surface area contributed by atoms with E-state index in [-0.39, 0.29) is 0 Å². The number of aromatic amines is 1. The Hall–Kier alpha value is -1.01. The number of H-pyrrole nitrogens is 1. The maximum atomic E-state index is 8.48. The minimum Gasteiger partial charge on any atom is -0.344 e. The summed E-state index contributed by atoms with van der Waals surface area (Å²) in [6, 6.07) is 2.04. The van der Waals surface area contributed by atoms with Crippen molar-refractivity contribution >= 4 is 11.6 Å². The van der Waals surface area contributed by atoms with Gasteiger partial charge in [0.1, 0.15) is 5.82 Å². The number of aromatic nitrogens is 2. The number of nitrogens with zero attached hydrogens (tertiary/aromatic N) is 2. The topological polar surface area (TPSA) is 52.5 Å². The summed E-state index contributed by atoms with van der Waals surface area (Å²) in [7, 11) is 0. The summed E-state index contributed by atoms with van der Waals surface area (Å²) in [6.07, 6.45) is 1.16. The first-order valence-corrected chi connectivity index (χ1v) is 4.61. The Labute approximate surface area is 82.7 Å². The predicted octanol–water partition coefficient (Wildman–Crippen LogP) is 2.33. The number of halogens is 1. The van der Waals surface area contributed by atoms with Crippen molar-refractivity contribution in [3.63, 3.8) is 0 Å². The van der Waals surface area contributed by atoms with Gasteiger partial charge in [-0.2, -0.15) is 5.26 Å². The van der Waals surface area contributed by atoms with Gasteiger partial charge in [0, 0.05) is 6.42 Å². The molecule has 1 N–H and O–H groups in total. The fourth-order valence-corrected chi connectivity index (χ4v) is 1.34. The van der Waals surface area contributed by atoms with Crippen LogP contribution in [-0.2, 0) is 12.8 Å². The fraction of sp³-hybridized carbons (Fsp3) is 0.556. The van der Waals surface area contributed by atoms with Crippen LogP contribution in [0.15, 0.2) is 0 Å². The van der Waals surface area contributed by atoms with Crippen molar-refractivity contribution < 1.29 is 0 Å². The van der Waals surface area contributed by atoms with Crippen LogP contribution in [0.3, 0.4) is 0 Å². The van der Waals surface area contributed by atoms with Gasteiger partial charge in [0.25, 0.3) is 0 Å². The summed E-state index contributed by atoms with van der Waals surface area (Å²) >= 11 is 5.81. The number of nitriles is 1. The van der Waals surface area contributed by atoms with E-state index in [1.807, 2.05) is 6.07 Å². The number of imidazole rings is 1. The van der Waals surface area contributed by atoms with Gasteiger partial charge in [0.2, 0.25) is 0 Å². The summed E-state index contributed by atoms with van der Waals surface area (Å²) < 4.78 is 0. The van der Waals surface area contributed by atoms with Crippen LogP contribution in [0.5, 0.6) is 0 Å². The highest BCUT2D eigenvalue weighted by molar-refractivity contribution is 6.30. The molecule has 70 valence electrons. The van der Waals surface area contributed by atoms with E-state index in [0.29, 0.717) is 17.5 Å². The molecule has 0 aliphatic carbocycles. The molecule has 1 aromatic heterocycles. The van der Waals surface area contributed by atoms with Crippen LogP contribution >= 0.6 is 11.6 Å². The molecule has 4 heteroatoms. The highest BCUT2D eigenvalue weighted by Gasteiger charge is 2.08. The van der Waals surface area contributed by atoms with E-state index in [1.165, 1.54) is 0 Å². The lowest BCUT2D eigenvalue weighted by Crippen LogP contribution is -1.96. The van der Waals surface area contributed by atoms with Crippen LogP contribution in [0.2, 0.25) is 5.15 Å². The van der Waals surface area contributed by atoms with E-state index >= 15 is 0 Å². The third kappa shape index (κ3) is 2.74. The third-order valence-corrected chi connectivity index (χ3v) is 1.95. The first kappa shape index (κ1) is 10.1. The molecule has 0 amide bonds. The first-order valence-electron chi connectivity index (χ1n) is 4.23. The molecule has 1 aromatic rings. The largest absolute Gasteiger partial charge is 0.344 e. The Kier molecular flexibility index (Phi) is 3.32. The van der Waals surface area contributed by atoms with Crippen LogP contribution in [0, 0.1) is 17.2 Å². The van der Waals surface area contributed by atoms with E-state index in [9.17, 15) is 0 Å². The lowest BCUT2D eigenvalue weighted by Gasteiger charge is -1.98. The molecule has 1 rings (SSSR count).